The predicted octanol–water partition coefficient (Wildman–Crippen LogP) is 7.28. The van der Waals surface area contributed by atoms with E-state index in [-0.39, 0.29) is 0 Å². The third-order valence-electron chi connectivity index (χ3n) is 4.40. The Balaban J connectivity index is 3.06. The lowest BCUT2D eigenvalue weighted by molar-refractivity contribution is -0.137. The molecular formula is C21H40O2. The zero-order chi connectivity index (χ0) is 17.0. The number of rotatable bonds is 18. The Morgan fingerprint density at radius 3 is 1.48 bits per heavy atom. The van der Waals surface area contributed by atoms with E-state index in [1.54, 1.807) is 0 Å². The maximum atomic E-state index is 10.4. The smallest absolute Gasteiger partial charge is 0.303 e. The molecule has 0 amide bonds. The summed E-state index contributed by atoms with van der Waals surface area (Å²) in [5.74, 6) is -0.669. The first-order chi connectivity index (χ1) is 11.3. The summed E-state index contributed by atoms with van der Waals surface area (Å²) in [6, 6.07) is 0. The second-order valence-corrected chi connectivity index (χ2v) is 6.79. The molecule has 0 aromatic rings. The molecule has 0 fully saturated rings. The van der Waals surface area contributed by atoms with E-state index in [0.29, 0.717) is 6.42 Å². The molecule has 0 atom stereocenters. The molecule has 0 bridgehead atoms. The Morgan fingerprint density at radius 2 is 1.04 bits per heavy atom. The molecule has 2 heteroatoms. The SMILES string of the molecule is CCCCCCCCCCCCCC=CCCCCCC(=O)O. The Bertz CT molecular complexity index is 271. The molecule has 0 aromatic heterocycles. The van der Waals surface area contributed by atoms with E-state index < -0.39 is 5.97 Å². The highest BCUT2D eigenvalue weighted by atomic mass is 16.4. The molecule has 136 valence electrons. The Kier molecular flexibility index (Phi) is 18.6. The summed E-state index contributed by atoms with van der Waals surface area (Å²) < 4.78 is 0. The number of hydrogen-bond donors (Lipinski definition) is 1. The summed E-state index contributed by atoms with van der Waals surface area (Å²) in [5.41, 5.74) is 0. The molecule has 0 unspecified atom stereocenters. The minimum Gasteiger partial charge on any atom is -0.481 e. The van der Waals surface area contributed by atoms with Crippen LogP contribution in [-0.4, -0.2) is 11.1 Å². The van der Waals surface area contributed by atoms with Crippen molar-refractivity contribution in [3.8, 4) is 0 Å². The van der Waals surface area contributed by atoms with E-state index in [9.17, 15) is 4.79 Å². The van der Waals surface area contributed by atoms with Crippen LogP contribution < -0.4 is 0 Å². The second kappa shape index (κ2) is 19.3. The van der Waals surface area contributed by atoms with Gasteiger partial charge in [0.1, 0.15) is 0 Å². The third kappa shape index (κ3) is 21.2. The van der Waals surface area contributed by atoms with Gasteiger partial charge in [-0.3, -0.25) is 4.79 Å². The van der Waals surface area contributed by atoms with Crippen LogP contribution in [0.25, 0.3) is 0 Å². The summed E-state index contributed by atoms with van der Waals surface area (Å²) in [6.07, 6.45) is 25.7. The van der Waals surface area contributed by atoms with Gasteiger partial charge in [-0.15, -0.1) is 0 Å². The van der Waals surface area contributed by atoms with E-state index >= 15 is 0 Å². The van der Waals surface area contributed by atoms with Crippen LogP contribution in [0, 0.1) is 0 Å². The van der Waals surface area contributed by atoms with Gasteiger partial charge in [-0.25, -0.2) is 0 Å². The highest BCUT2D eigenvalue weighted by molar-refractivity contribution is 5.66. The maximum Gasteiger partial charge on any atom is 0.303 e. The van der Waals surface area contributed by atoms with Crippen LogP contribution in [-0.2, 0) is 4.79 Å². The summed E-state index contributed by atoms with van der Waals surface area (Å²) in [5, 5.41) is 8.53. The van der Waals surface area contributed by atoms with Gasteiger partial charge >= 0.3 is 5.97 Å². The number of carboxylic acid groups (broad SMARTS) is 1. The number of carboxylic acids is 1. The van der Waals surface area contributed by atoms with Gasteiger partial charge in [-0.05, 0) is 32.1 Å². The van der Waals surface area contributed by atoms with Crippen LogP contribution in [0.3, 0.4) is 0 Å². The van der Waals surface area contributed by atoms with Gasteiger partial charge in [0, 0.05) is 6.42 Å². The van der Waals surface area contributed by atoms with Gasteiger partial charge in [0.15, 0.2) is 0 Å². The normalized spacial score (nSPS) is 11.3. The molecule has 0 aliphatic rings. The van der Waals surface area contributed by atoms with Gasteiger partial charge in [-0.1, -0.05) is 89.7 Å². The first kappa shape index (κ1) is 22.2. The third-order valence-corrected chi connectivity index (χ3v) is 4.40. The van der Waals surface area contributed by atoms with Gasteiger partial charge in [0.2, 0.25) is 0 Å². The number of carbonyl (C=O) groups is 1. The van der Waals surface area contributed by atoms with Crippen molar-refractivity contribution in [3.05, 3.63) is 12.2 Å². The summed E-state index contributed by atoms with van der Waals surface area (Å²) >= 11 is 0. The van der Waals surface area contributed by atoms with Crippen molar-refractivity contribution in [2.24, 2.45) is 0 Å². The van der Waals surface area contributed by atoms with Crippen molar-refractivity contribution in [2.75, 3.05) is 0 Å². The van der Waals surface area contributed by atoms with E-state index in [1.807, 2.05) is 0 Å². The molecule has 0 saturated heterocycles. The topological polar surface area (TPSA) is 37.3 Å². The maximum absolute atomic E-state index is 10.4. The summed E-state index contributed by atoms with van der Waals surface area (Å²) in [7, 11) is 0. The van der Waals surface area contributed by atoms with Crippen molar-refractivity contribution in [2.45, 2.75) is 116 Å². The highest BCUT2D eigenvalue weighted by Gasteiger charge is 1.95. The van der Waals surface area contributed by atoms with E-state index in [0.717, 1.165) is 25.7 Å². The standard InChI is InChI=1S/C21H40O2/c1-2-3-4-5-6-7-8-9-10-11-12-13-14-15-16-17-18-19-20-21(22)23/h14-15H,2-13,16-20H2,1H3,(H,22,23). The van der Waals surface area contributed by atoms with Gasteiger partial charge in [0.05, 0.1) is 0 Å². The van der Waals surface area contributed by atoms with Crippen molar-refractivity contribution in [1.29, 1.82) is 0 Å². The monoisotopic (exact) mass is 324 g/mol. The van der Waals surface area contributed by atoms with Crippen molar-refractivity contribution >= 4 is 5.97 Å². The first-order valence-corrected chi connectivity index (χ1v) is 10.1. The number of unbranched alkanes of at least 4 members (excludes halogenated alkanes) is 14. The molecule has 23 heavy (non-hydrogen) atoms. The fraction of sp³-hybridized carbons (Fsp3) is 0.857. The van der Waals surface area contributed by atoms with Gasteiger partial charge < -0.3 is 5.11 Å². The predicted molar refractivity (Wildman–Crippen MR) is 101 cm³/mol. The van der Waals surface area contributed by atoms with Crippen molar-refractivity contribution in [1.82, 2.24) is 0 Å². The summed E-state index contributed by atoms with van der Waals surface area (Å²) in [6.45, 7) is 2.28. The average Bonchev–Trinajstić information content (AvgIpc) is 2.53. The highest BCUT2D eigenvalue weighted by Crippen LogP contribution is 2.12. The molecular weight excluding hydrogens is 284 g/mol. The molecule has 0 aliphatic carbocycles. The summed E-state index contributed by atoms with van der Waals surface area (Å²) in [4.78, 5) is 10.4. The molecule has 2 nitrogen and oxygen atoms in total. The molecule has 0 heterocycles. The lowest BCUT2D eigenvalue weighted by atomic mass is 10.1. The van der Waals surface area contributed by atoms with Crippen molar-refractivity contribution in [3.63, 3.8) is 0 Å². The minimum atomic E-state index is -0.669. The molecule has 0 spiro atoms. The van der Waals surface area contributed by atoms with Crippen LogP contribution in [0.2, 0.25) is 0 Å². The largest absolute Gasteiger partial charge is 0.481 e. The number of hydrogen-bond acceptors (Lipinski definition) is 1. The number of aliphatic carboxylic acids is 1. The molecule has 0 radical (unpaired) electrons. The molecule has 0 saturated carbocycles. The second-order valence-electron chi connectivity index (χ2n) is 6.79. The lowest BCUT2D eigenvalue weighted by Crippen LogP contribution is -1.93. The number of allylic oxidation sites excluding steroid dienone is 2. The Morgan fingerprint density at radius 1 is 0.652 bits per heavy atom. The minimum absolute atomic E-state index is 0.322. The van der Waals surface area contributed by atoms with Crippen LogP contribution in [0.15, 0.2) is 12.2 Å². The van der Waals surface area contributed by atoms with Gasteiger partial charge in [-0.2, -0.15) is 0 Å². The van der Waals surface area contributed by atoms with Crippen LogP contribution in [0.4, 0.5) is 0 Å². The zero-order valence-corrected chi connectivity index (χ0v) is 15.5. The van der Waals surface area contributed by atoms with E-state index in [2.05, 4.69) is 19.1 Å². The first-order valence-electron chi connectivity index (χ1n) is 10.1. The van der Waals surface area contributed by atoms with Crippen LogP contribution >= 0.6 is 0 Å². The van der Waals surface area contributed by atoms with E-state index in [4.69, 9.17) is 5.11 Å². The van der Waals surface area contributed by atoms with Crippen LogP contribution in [0.5, 0.6) is 0 Å². The average molecular weight is 325 g/mol. The Hall–Kier alpha value is -0.790. The van der Waals surface area contributed by atoms with E-state index in [1.165, 1.54) is 77.0 Å². The molecule has 0 aromatic carbocycles. The van der Waals surface area contributed by atoms with Gasteiger partial charge in [0.25, 0.3) is 0 Å². The molecule has 0 rings (SSSR count). The molecule has 0 aliphatic heterocycles. The Labute approximate surface area is 144 Å². The van der Waals surface area contributed by atoms with Crippen LogP contribution in [0.1, 0.15) is 116 Å². The fourth-order valence-electron chi connectivity index (χ4n) is 2.88. The molecule has 1 N–H and O–H groups in total. The quantitative estimate of drug-likeness (QED) is 0.212. The fourth-order valence-corrected chi connectivity index (χ4v) is 2.88. The van der Waals surface area contributed by atoms with Crippen molar-refractivity contribution < 1.29 is 9.90 Å². The zero-order valence-electron chi connectivity index (χ0n) is 15.5. The lowest BCUT2D eigenvalue weighted by Gasteiger charge is -2.01.